The fourth-order valence-electron chi connectivity index (χ4n) is 2.32. The van der Waals surface area contributed by atoms with Gasteiger partial charge in [-0.1, -0.05) is 0 Å². The number of hydrogen-bond acceptors (Lipinski definition) is 4. The molecular weight excluding hydrogens is 347 g/mol. The highest BCUT2D eigenvalue weighted by molar-refractivity contribution is 8.01. The molecule has 128 valence electrons. The maximum atomic E-state index is 12.9. The van der Waals surface area contributed by atoms with Crippen LogP contribution < -0.4 is 10.6 Å². The summed E-state index contributed by atoms with van der Waals surface area (Å²) in [6, 6.07) is 9.70. The molecule has 0 radical (unpaired) electrons. The standard InChI is InChI=1S/C17H13FN2O4S/c18-10-2-4-11(5-3-10)19-15(21)8-14-16(22)20-12-6-1-9(17(23)24)7-13(12)25-14/h1-7,14H,8H2,(H,19,21)(H,20,22)(H,23,24). The molecule has 1 aliphatic heterocycles. The van der Waals surface area contributed by atoms with E-state index in [9.17, 15) is 18.8 Å². The van der Waals surface area contributed by atoms with Crippen molar-refractivity contribution in [2.75, 3.05) is 10.6 Å². The first-order chi connectivity index (χ1) is 11.9. The lowest BCUT2D eigenvalue weighted by molar-refractivity contribution is -0.120. The Morgan fingerprint density at radius 1 is 1.20 bits per heavy atom. The van der Waals surface area contributed by atoms with Crippen LogP contribution >= 0.6 is 11.8 Å². The minimum Gasteiger partial charge on any atom is -0.478 e. The van der Waals surface area contributed by atoms with Crippen LogP contribution in [0.4, 0.5) is 15.8 Å². The van der Waals surface area contributed by atoms with Crippen molar-refractivity contribution in [3.8, 4) is 0 Å². The van der Waals surface area contributed by atoms with Crippen molar-refractivity contribution >= 4 is 40.9 Å². The lowest BCUT2D eigenvalue weighted by Crippen LogP contribution is -2.32. The van der Waals surface area contributed by atoms with E-state index in [1.165, 1.54) is 42.5 Å². The zero-order chi connectivity index (χ0) is 18.0. The fraction of sp³-hybridized carbons (Fsp3) is 0.118. The number of fused-ring (bicyclic) bond motifs is 1. The highest BCUT2D eigenvalue weighted by atomic mass is 32.2. The third kappa shape index (κ3) is 3.97. The van der Waals surface area contributed by atoms with Gasteiger partial charge in [-0.3, -0.25) is 9.59 Å². The van der Waals surface area contributed by atoms with Gasteiger partial charge >= 0.3 is 5.97 Å². The maximum Gasteiger partial charge on any atom is 0.335 e. The van der Waals surface area contributed by atoms with E-state index in [4.69, 9.17) is 5.11 Å². The number of anilines is 2. The van der Waals surface area contributed by atoms with Crippen molar-refractivity contribution in [1.82, 2.24) is 0 Å². The predicted molar refractivity (Wildman–Crippen MR) is 91.3 cm³/mol. The van der Waals surface area contributed by atoms with E-state index in [1.54, 1.807) is 0 Å². The van der Waals surface area contributed by atoms with Gasteiger partial charge in [0.1, 0.15) is 5.82 Å². The van der Waals surface area contributed by atoms with Crippen LogP contribution in [0.2, 0.25) is 0 Å². The molecule has 0 saturated heterocycles. The number of amides is 2. The number of aromatic carboxylic acids is 1. The molecular formula is C17H13FN2O4S. The van der Waals surface area contributed by atoms with Gasteiger partial charge in [0.2, 0.25) is 11.8 Å². The number of carbonyl (C=O) groups excluding carboxylic acids is 2. The molecule has 0 spiro atoms. The molecule has 2 aromatic carbocycles. The Bertz CT molecular complexity index is 854. The first-order valence-electron chi connectivity index (χ1n) is 7.32. The molecule has 1 heterocycles. The summed E-state index contributed by atoms with van der Waals surface area (Å²) in [7, 11) is 0. The summed E-state index contributed by atoms with van der Waals surface area (Å²) in [5.41, 5.74) is 1.06. The van der Waals surface area contributed by atoms with Gasteiger partial charge in [0.25, 0.3) is 0 Å². The molecule has 3 rings (SSSR count). The summed E-state index contributed by atoms with van der Waals surface area (Å²) in [5, 5.41) is 13.6. The quantitative estimate of drug-likeness (QED) is 0.779. The molecule has 0 aromatic heterocycles. The van der Waals surface area contributed by atoms with Crippen LogP contribution in [-0.4, -0.2) is 28.1 Å². The average Bonchev–Trinajstić information content (AvgIpc) is 2.57. The first-order valence-corrected chi connectivity index (χ1v) is 8.20. The topological polar surface area (TPSA) is 95.5 Å². The molecule has 0 saturated carbocycles. The average molecular weight is 360 g/mol. The van der Waals surface area contributed by atoms with Crippen molar-refractivity contribution in [3.63, 3.8) is 0 Å². The molecule has 1 aliphatic rings. The van der Waals surface area contributed by atoms with Crippen LogP contribution in [0, 0.1) is 5.82 Å². The Morgan fingerprint density at radius 2 is 1.92 bits per heavy atom. The monoisotopic (exact) mass is 360 g/mol. The summed E-state index contributed by atoms with van der Waals surface area (Å²) in [4.78, 5) is 35.9. The molecule has 6 nitrogen and oxygen atoms in total. The van der Waals surface area contributed by atoms with Gasteiger partial charge in [0.15, 0.2) is 0 Å². The van der Waals surface area contributed by atoms with Gasteiger partial charge in [-0.25, -0.2) is 9.18 Å². The highest BCUT2D eigenvalue weighted by Crippen LogP contribution is 2.37. The van der Waals surface area contributed by atoms with Crippen LogP contribution in [0.5, 0.6) is 0 Å². The van der Waals surface area contributed by atoms with Crippen LogP contribution in [0.25, 0.3) is 0 Å². The molecule has 0 bridgehead atoms. The van der Waals surface area contributed by atoms with Crippen LogP contribution in [0.15, 0.2) is 47.4 Å². The zero-order valence-electron chi connectivity index (χ0n) is 12.8. The molecule has 2 aromatic rings. The SMILES string of the molecule is O=C(CC1Sc2cc(C(=O)O)ccc2NC1=O)Nc1ccc(F)cc1. The molecule has 3 N–H and O–H groups in total. The number of hydrogen-bond donors (Lipinski definition) is 3. The minimum atomic E-state index is -1.06. The predicted octanol–water partition coefficient (Wildman–Crippen LogP) is 2.97. The molecule has 25 heavy (non-hydrogen) atoms. The maximum absolute atomic E-state index is 12.9. The Morgan fingerprint density at radius 3 is 2.60 bits per heavy atom. The van der Waals surface area contributed by atoms with Crippen molar-refractivity contribution in [3.05, 3.63) is 53.8 Å². The summed E-state index contributed by atoms with van der Waals surface area (Å²) in [5.74, 6) is -2.19. The van der Waals surface area contributed by atoms with E-state index in [0.717, 1.165) is 11.8 Å². The number of benzene rings is 2. The first kappa shape index (κ1) is 17.0. The Hall–Kier alpha value is -2.87. The molecule has 8 heteroatoms. The largest absolute Gasteiger partial charge is 0.478 e. The van der Waals surface area contributed by atoms with Gasteiger partial charge < -0.3 is 15.7 Å². The Balaban J connectivity index is 1.69. The summed E-state index contributed by atoms with van der Waals surface area (Å²) in [6.07, 6.45) is -0.0926. The van der Waals surface area contributed by atoms with E-state index in [-0.39, 0.29) is 17.9 Å². The molecule has 0 aliphatic carbocycles. The normalized spacial score (nSPS) is 15.9. The second kappa shape index (κ2) is 6.94. The van der Waals surface area contributed by atoms with Gasteiger partial charge in [0, 0.05) is 17.0 Å². The third-order valence-electron chi connectivity index (χ3n) is 3.55. The number of nitrogens with one attached hydrogen (secondary N) is 2. The fourth-order valence-corrected chi connectivity index (χ4v) is 3.47. The lowest BCUT2D eigenvalue weighted by atomic mass is 10.2. The second-order valence-electron chi connectivity index (χ2n) is 5.37. The number of rotatable bonds is 4. The Labute approximate surface area is 146 Å². The van der Waals surface area contributed by atoms with Crippen molar-refractivity contribution in [1.29, 1.82) is 0 Å². The number of carboxylic acids is 1. The molecule has 1 atom stereocenters. The van der Waals surface area contributed by atoms with Crippen LogP contribution in [-0.2, 0) is 9.59 Å². The summed E-state index contributed by atoms with van der Waals surface area (Å²) in [6.45, 7) is 0. The Kier molecular flexibility index (Phi) is 4.71. The number of halogens is 1. The van der Waals surface area contributed by atoms with E-state index in [2.05, 4.69) is 10.6 Å². The van der Waals surface area contributed by atoms with Crippen molar-refractivity contribution in [2.45, 2.75) is 16.6 Å². The highest BCUT2D eigenvalue weighted by Gasteiger charge is 2.29. The molecule has 0 fully saturated rings. The lowest BCUT2D eigenvalue weighted by Gasteiger charge is -2.24. The van der Waals surface area contributed by atoms with Crippen LogP contribution in [0.1, 0.15) is 16.8 Å². The van der Waals surface area contributed by atoms with E-state index in [1.807, 2.05) is 0 Å². The molecule has 1 unspecified atom stereocenters. The number of carboxylic acid groups (broad SMARTS) is 1. The van der Waals surface area contributed by atoms with Gasteiger partial charge in [-0.05, 0) is 42.5 Å². The number of thioether (sulfide) groups is 1. The van der Waals surface area contributed by atoms with Crippen molar-refractivity contribution < 1.29 is 23.9 Å². The van der Waals surface area contributed by atoms with Gasteiger partial charge in [-0.2, -0.15) is 0 Å². The summed E-state index contributed by atoms with van der Waals surface area (Å²) >= 11 is 1.14. The zero-order valence-corrected chi connectivity index (χ0v) is 13.6. The smallest absolute Gasteiger partial charge is 0.335 e. The van der Waals surface area contributed by atoms with E-state index in [0.29, 0.717) is 16.3 Å². The third-order valence-corrected chi connectivity index (χ3v) is 4.80. The molecule has 2 amide bonds. The minimum absolute atomic E-state index is 0.0926. The summed E-state index contributed by atoms with van der Waals surface area (Å²) < 4.78 is 12.9. The van der Waals surface area contributed by atoms with Gasteiger partial charge in [-0.15, -0.1) is 11.8 Å². The van der Waals surface area contributed by atoms with E-state index < -0.39 is 22.9 Å². The van der Waals surface area contributed by atoms with Crippen LogP contribution in [0.3, 0.4) is 0 Å². The van der Waals surface area contributed by atoms with Gasteiger partial charge in [0.05, 0.1) is 16.5 Å². The number of carbonyl (C=O) groups is 3. The van der Waals surface area contributed by atoms with E-state index >= 15 is 0 Å². The van der Waals surface area contributed by atoms with Crippen molar-refractivity contribution in [2.24, 2.45) is 0 Å². The second-order valence-corrected chi connectivity index (χ2v) is 6.62.